The highest BCUT2D eigenvalue weighted by Crippen LogP contribution is 2.40. The topological polar surface area (TPSA) is 24.1 Å². The summed E-state index contributed by atoms with van der Waals surface area (Å²) >= 11 is 6.22. The number of para-hydroxylation sites is 1. The summed E-state index contributed by atoms with van der Waals surface area (Å²) in [4.78, 5) is 0. The molecular weight excluding hydrogens is 208 g/mol. The fraction of sp³-hybridized carbons (Fsp3) is 0.500. The SMILES string of the molecule is Clc1cccc2c1NCCC1CNCC21. The molecule has 3 rings (SSSR count). The molecule has 1 fully saturated rings. The Bertz CT molecular complexity index is 378. The fourth-order valence-electron chi connectivity index (χ4n) is 2.82. The Labute approximate surface area is 95.0 Å². The first-order chi connectivity index (χ1) is 7.36. The van der Waals surface area contributed by atoms with Crippen LogP contribution in [-0.4, -0.2) is 19.6 Å². The van der Waals surface area contributed by atoms with E-state index in [-0.39, 0.29) is 0 Å². The first-order valence-corrected chi connectivity index (χ1v) is 5.97. The summed E-state index contributed by atoms with van der Waals surface area (Å²) in [6.07, 6.45) is 1.24. The van der Waals surface area contributed by atoms with E-state index in [1.54, 1.807) is 0 Å². The van der Waals surface area contributed by atoms with Crippen molar-refractivity contribution in [2.45, 2.75) is 12.3 Å². The van der Waals surface area contributed by atoms with Crippen LogP contribution in [0.15, 0.2) is 18.2 Å². The first kappa shape index (κ1) is 9.49. The molecule has 3 heteroatoms. The summed E-state index contributed by atoms with van der Waals surface area (Å²) in [7, 11) is 0. The molecule has 2 N–H and O–H groups in total. The number of fused-ring (bicyclic) bond motifs is 3. The van der Waals surface area contributed by atoms with E-state index in [0.717, 1.165) is 36.3 Å². The van der Waals surface area contributed by atoms with Crippen LogP contribution in [0.5, 0.6) is 0 Å². The smallest absolute Gasteiger partial charge is 0.0640 e. The lowest BCUT2D eigenvalue weighted by atomic mass is 9.87. The lowest BCUT2D eigenvalue weighted by Crippen LogP contribution is -2.12. The van der Waals surface area contributed by atoms with E-state index in [4.69, 9.17) is 11.6 Å². The Morgan fingerprint density at radius 1 is 1.27 bits per heavy atom. The van der Waals surface area contributed by atoms with Crippen LogP contribution in [0.3, 0.4) is 0 Å². The molecule has 0 saturated carbocycles. The van der Waals surface area contributed by atoms with Crippen molar-refractivity contribution < 1.29 is 0 Å². The van der Waals surface area contributed by atoms with Crippen LogP contribution >= 0.6 is 11.6 Å². The monoisotopic (exact) mass is 222 g/mol. The van der Waals surface area contributed by atoms with E-state index >= 15 is 0 Å². The third kappa shape index (κ3) is 1.52. The average molecular weight is 223 g/mol. The quantitative estimate of drug-likeness (QED) is 0.705. The van der Waals surface area contributed by atoms with Gasteiger partial charge in [0.2, 0.25) is 0 Å². The second-order valence-electron chi connectivity index (χ2n) is 4.44. The van der Waals surface area contributed by atoms with E-state index in [2.05, 4.69) is 22.8 Å². The number of benzene rings is 1. The molecule has 2 nitrogen and oxygen atoms in total. The van der Waals surface area contributed by atoms with Crippen LogP contribution in [-0.2, 0) is 0 Å². The van der Waals surface area contributed by atoms with E-state index in [1.165, 1.54) is 12.0 Å². The van der Waals surface area contributed by atoms with Crippen molar-refractivity contribution in [3.05, 3.63) is 28.8 Å². The molecule has 2 aliphatic rings. The zero-order valence-electron chi connectivity index (χ0n) is 8.59. The number of hydrogen-bond donors (Lipinski definition) is 2. The van der Waals surface area contributed by atoms with Gasteiger partial charge in [-0.05, 0) is 30.5 Å². The maximum absolute atomic E-state index is 6.22. The van der Waals surface area contributed by atoms with Crippen molar-refractivity contribution in [3.8, 4) is 0 Å². The average Bonchev–Trinajstić information content (AvgIpc) is 2.62. The summed E-state index contributed by atoms with van der Waals surface area (Å²) in [6, 6.07) is 6.24. The third-order valence-corrected chi connectivity index (χ3v) is 3.92. The van der Waals surface area contributed by atoms with Crippen LogP contribution in [0.4, 0.5) is 5.69 Å². The lowest BCUT2D eigenvalue weighted by Gasteiger charge is -2.17. The highest BCUT2D eigenvalue weighted by Gasteiger charge is 2.32. The van der Waals surface area contributed by atoms with Gasteiger partial charge < -0.3 is 10.6 Å². The van der Waals surface area contributed by atoms with Gasteiger partial charge in [-0.15, -0.1) is 0 Å². The molecule has 2 unspecified atom stereocenters. The predicted molar refractivity (Wildman–Crippen MR) is 63.7 cm³/mol. The molecule has 0 aromatic heterocycles. The third-order valence-electron chi connectivity index (χ3n) is 3.60. The van der Waals surface area contributed by atoms with E-state index in [1.807, 2.05) is 6.07 Å². The lowest BCUT2D eigenvalue weighted by molar-refractivity contribution is 0.503. The Morgan fingerprint density at radius 2 is 2.20 bits per heavy atom. The summed E-state index contributed by atoms with van der Waals surface area (Å²) in [5.41, 5.74) is 2.56. The Hall–Kier alpha value is -0.730. The first-order valence-electron chi connectivity index (χ1n) is 5.59. The number of rotatable bonds is 0. The maximum Gasteiger partial charge on any atom is 0.0640 e. The minimum Gasteiger partial charge on any atom is -0.384 e. The van der Waals surface area contributed by atoms with Crippen molar-refractivity contribution in [1.82, 2.24) is 5.32 Å². The number of anilines is 1. The minimum atomic E-state index is 0.647. The van der Waals surface area contributed by atoms with Crippen LogP contribution < -0.4 is 10.6 Å². The van der Waals surface area contributed by atoms with E-state index in [0.29, 0.717) is 5.92 Å². The zero-order valence-corrected chi connectivity index (χ0v) is 9.35. The summed E-state index contributed by atoms with van der Waals surface area (Å²) < 4.78 is 0. The molecule has 15 heavy (non-hydrogen) atoms. The molecule has 80 valence electrons. The van der Waals surface area contributed by atoms with Crippen molar-refractivity contribution in [2.75, 3.05) is 25.0 Å². The summed E-state index contributed by atoms with van der Waals surface area (Å²) in [5.74, 6) is 1.42. The standard InChI is InChI=1S/C12H15ClN2/c13-11-3-1-2-9-10-7-14-6-8(10)4-5-15-12(9)11/h1-3,8,10,14-15H,4-7H2. The van der Waals surface area contributed by atoms with Gasteiger partial charge in [-0.3, -0.25) is 0 Å². The van der Waals surface area contributed by atoms with Crippen molar-refractivity contribution in [1.29, 1.82) is 0 Å². The summed E-state index contributed by atoms with van der Waals surface area (Å²) in [5, 5.41) is 7.80. The maximum atomic E-state index is 6.22. The van der Waals surface area contributed by atoms with Gasteiger partial charge in [-0.2, -0.15) is 0 Å². The highest BCUT2D eigenvalue weighted by molar-refractivity contribution is 6.33. The number of nitrogens with one attached hydrogen (secondary N) is 2. The van der Waals surface area contributed by atoms with Crippen molar-refractivity contribution in [2.24, 2.45) is 5.92 Å². The van der Waals surface area contributed by atoms with Gasteiger partial charge in [-0.1, -0.05) is 23.7 Å². The molecule has 0 radical (unpaired) electrons. The second kappa shape index (κ2) is 3.69. The van der Waals surface area contributed by atoms with E-state index < -0.39 is 0 Å². The van der Waals surface area contributed by atoms with Gasteiger partial charge in [-0.25, -0.2) is 0 Å². The molecule has 1 aromatic carbocycles. The van der Waals surface area contributed by atoms with Gasteiger partial charge in [0.1, 0.15) is 0 Å². The molecule has 2 aliphatic heterocycles. The van der Waals surface area contributed by atoms with Crippen LogP contribution in [0.25, 0.3) is 0 Å². The molecule has 0 amide bonds. The highest BCUT2D eigenvalue weighted by atomic mass is 35.5. The molecule has 1 saturated heterocycles. The Balaban J connectivity index is 2.09. The van der Waals surface area contributed by atoms with Gasteiger partial charge in [0.25, 0.3) is 0 Å². The molecule has 0 bridgehead atoms. The van der Waals surface area contributed by atoms with Gasteiger partial charge in [0.15, 0.2) is 0 Å². The zero-order chi connectivity index (χ0) is 10.3. The van der Waals surface area contributed by atoms with E-state index in [9.17, 15) is 0 Å². The molecule has 2 atom stereocenters. The number of halogens is 1. The van der Waals surface area contributed by atoms with Gasteiger partial charge in [0, 0.05) is 19.0 Å². The predicted octanol–water partition coefficient (Wildman–Crippen LogP) is 2.46. The molecule has 1 aromatic rings. The van der Waals surface area contributed by atoms with Crippen LogP contribution in [0.2, 0.25) is 5.02 Å². The largest absolute Gasteiger partial charge is 0.384 e. The van der Waals surface area contributed by atoms with Crippen molar-refractivity contribution in [3.63, 3.8) is 0 Å². The second-order valence-corrected chi connectivity index (χ2v) is 4.85. The fourth-order valence-corrected chi connectivity index (χ4v) is 3.07. The molecule has 0 spiro atoms. The van der Waals surface area contributed by atoms with Gasteiger partial charge in [0.05, 0.1) is 10.7 Å². The Morgan fingerprint density at radius 3 is 3.13 bits per heavy atom. The normalized spacial score (nSPS) is 28.9. The van der Waals surface area contributed by atoms with Crippen LogP contribution in [0, 0.1) is 5.92 Å². The molecular formula is C12H15ClN2. The Kier molecular flexibility index (Phi) is 2.33. The molecule has 0 aliphatic carbocycles. The van der Waals surface area contributed by atoms with Gasteiger partial charge >= 0.3 is 0 Å². The van der Waals surface area contributed by atoms with Crippen LogP contribution in [0.1, 0.15) is 17.9 Å². The summed E-state index contributed by atoms with van der Waals surface area (Å²) in [6.45, 7) is 3.29. The van der Waals surface area contributed by atoms with Crippen molar-refractivity contribution >= 4 is 17.3 Å². The number of hydrogen-bond acceptors (Lipinski definition) is 2. The minimum absolute atomic E-state index is 0.647. The molecule has 2 heterocycles.